The maximum atomic E-state index is 11.5. The molecule has 1 fully saturated rings. The first-order valence-electron chi connectivity index (χ1n) is 6.43. The quantitative estimate of drug-likeness (QED) is 0.818. The van der Waals surface area contributed by atoms with E-state index in [4.69, 9.17) is 5.73 Å². The third-order valence-corrected chi connectivity index (χ3v) is 7.16. The summed E-state index contributed by atoms with van der Waals surface area (Å²) in [6, 6.07) is 3.32. The second-order valence-electron chi connectivity index (χ2n) is 5.01. The third-order valence-electron chi connectivity index (χ3n) is 3.58. The summed E-state index contributed by atoms with van der Waals surface area (Å²) >= 11 is -0.501. The van der Waals surface area contributed by atoms with Crippen molar-refractivity contribution in [3.05, 3.63) is 28.8 Å². The molecule has 1 saturated carbocycles. The van der Waals surface area contributed by atoms with Crippen LogP contribution in [0.1, 0.15) is 52.0 Å². The van der Waals surface area contributed by atoms with Crippen LogP contribution in [0.25, 0.3) is 0 Å². The zero-order chi connectivity index (χ0) is 14.0. The zero-order valence-electron chi connectivity index (χ0n) is 10.9. The van der Waals surface area contributed by atoms with E-state index in [1.165, 1.54) is 25.7 Å². The summed E-state index contributed by atoms with van der Waals surface area (Å²) in [5, 5.41) is 9.18. The standard InChI is InChI=1S/C14H18AsNO3/c1-8-6-11(13(16)17)12(7-10(8)14(18)19)15-9-4-2-3-5-9/h6-7,9,15H,2-5H2,1H3,(H2,16,17)(H,18,19). The Morgan fingerprint density at radius 3 is 2.42 bits per heavy atom. The fourth-order valence-corrected chi connectivity index (χ4v) is 6.15. The van der Waals surface area contributed by atoms with Crippen molar-refractivity contribution < 1.29 is 14.7 Å². The Hall–Kier alpha value is -1.28. The van der Waals surface area contributed by atoms with Crippen LogP contribution in [0.3, 0.4) is 0 Å². The minimum absolute atomic E-state index is 0.293. The van der Waals surface area contributed by atoms with Gasteiger partial charge in [0.05, 0.1) is 0 Å². The Morgan fingerprint density at radius 1 is 1.26 bits per heavy atom. The van der Waals surface area contributed by atoms with E-state index >= 15 is 0 Å². The summed E-state index contributed by atoms with van der Waals surface area (Å²) in [4.78, 5) is 22.7. The maximum absolute atomic E-state index is 11.5. The number of carboxylic acids is 1. The van der Waals surface area contributed by atoms with Crippen molar-refractivity contribution >= 4 is 32.0 Å². The summed E-state index contributed by atoms with van der Waals surface area (Å²) in [6.07, 6.45) is 4.90. The van der Waals surface area contributed by atoms with Gasteiger partial charge in [0.2, 0.25) is 0 Å². The van der Waals surface area contributed by atoms with Crippen molar-refractivity contribution in [1.82, 2.24) is 0 Å². The van der Waals surface area contributed by atoms with Gasteiger partial charge in [0.1, 0.15) is 0 Å². The molecular formula is C14H18AsNO3. The first kappa shape index (κ1) is 14.1. The first-order chi connectivity index (χ1) is 8.99. The number of aryl methyl sites for hydroxylation is 1. The predicted octanol–water partition coefficient (Wildman–Crippen LogP) is 1.22. The van der Waals surface area contributed by atoms with Gasteiger partial charge in [0.25, 0.3) is 0 Å². The number of carboxylic acid groups (broad SMARTS) is 1. The van der Waals surface area contributed by atoms with E-state index in [0.717, 1.165) is 4.35 Å². The zero-order valence-corrected chi connectivity index (χ0v) is 13.0. The van der Waals surface area contributed by atoms with E-state index in [0.29, 0.717) is 21.4 Å². The molecule has 1 amide bonds. The number of primary amides is 1. The Kier molecular flexibility index (Phi) is 4.30. The fraction of sp³-hybridized carbons (Fsp3) is 0.429. The molecule has 0 aromatic heterocycles. The second kappa shape index (κ2) is 5.79. The van der Waals surface area contributed by atoms with Crippen molar-refractivity contribution in [1.29, 1.82) is 0 Å². The number of aromatic carboxylic acids is 1. The molecule has 0 radical (unpaired) electrons. The van der Waals surface area contributed by atoms with Crippen molar-refractivity contribution in [2.24, 2.45) is 5.73 Å². The summed E-state index contributed by atoms with van der Waals surface area (Å²) in [7, 11) is 0. The molecule has 0 heterocycles. The van der Waals surface area contributed by atoms with Crippen LogP contribution in [0.2, 0.25) is 4.71 Å². The molecule has 0 aliphatic heterocycles. The van der Waals surface area contributed by atoms with Crippen molar-refractivity contribution in [2.75, 3.05) is 0 Å². The van der Waals surface area contributed by atoms with Gasteiger partial charge in [0, 0.05) is 0 Å². The van der Waals surface area contributed by atoms with E-state index in [-0.39, 0.29) is 0 Å². The average Bonchev–Trinajstić information content (AvgIpc) is 2.83. The number of carbonyl (C=O) groups is 2. The number of hydrogen-bond acceptors (Lipinski definition) is 2. The van der Waals surface area contributed by atoms with Gasteiger partial charge in [-0.3, -0.25) is 0 Å². The SMILES string of the molecule is Cc1cc(C(N)=O)c([AsH]C2CCCC2)cc1C(=O)O. The Morgan fingerprint density at radius 2 is 1.89 bits per heavy atom. The van der Waals surface area contributed by atoms with Crippen molar-refractivity contribution in [2.45, 2.75) is 37.3 Å². The molecule has 3 N–H and O–H groups in total. The monoisotopic (exact) mass is 323 g/mol. The van der Waals surface area contributed by atoms with E-state index in [9.17, 15) is 14.7 Å². The fourth-order valence-electron chi connectivity index (χ4n) is 2.55. The number of benzene rings is 1. The van der Waals surface area contributed by atoms with Crippen molar-refractivity contribution in [3.8, 4) is 0 Å². The molecule has 1 unspecified atom stereocenters. The second-order valence-corrected chi connectivity index (χ2v) is 8.46. The van der Waals surface area contributed by atoms with Crippen LogP contribution in [0.4, 0.5) is 0 Å². The Balaban J connectivity index is 2.39. The molecule has 102 valence electrons. The normalized spacial score (nSPS) is 16.3. The van der Waals surface area contributed by atoms with Crippen LogP contribution in [0.5, 0.6) is 0 Å². The molecule has 4 nitrogen and oxygen atoms in total. The summed E-state index contributed by atoms with van der Waals surface area (Å²) in [5.41, 5.74) is 6.83. The number of hydrogen-bond donors (Lipinski definition) is 2. The molecule has 1 aliphatic rings. The molecule has 2 rings (SSSR count). The number of rotatable bonds is 4. The van der Waals surface area contributed by atoms with E-state index in [1.807, 2.05) is 0 Å². The first-order valence-corrected chi connectivity index (χ1v) is 8.69. The van der Waals surface area contributed by atoms with Gasteiger partial charge in [-0.25, -0.2) is 0 Å². The van der Waals surface area contributed by atoms with Gasteiger partial charge in [-0.05, 0) is 0 Å². The van der Waals surface area contributed by atoms with Gasteiger partial charge in [0.15, 0.2) is 0 Å². The van der Waals surface area contributed by atoms with Crippen LogP contribution in [0, 0.1) is 6.92 Å². The third kappa shape index (κ3) is 3.19. The molecule has 0 bridgehead atoms. The number of carbonyl (C=O) groups excluding carboxylic acids is 1. The van der Waals surface area contributed by atoms with Crippen LogP contribution in [-0.4, -0.2) is 32.7 Å². The van der Waals surface area contributed by atoms with Crippen LogP contribution < -0.4 is 10.1 Å². The van der Waals surface area contributed by atoms with Gasteiger partial charge in [-0.1, -0.05) is 0 Å². The Labute approximate surface area is 119 Å². The molecule has 1 aromatic rings. The molecule has 5 heteroatoms. The van der Waals surface area contributed by atoms with E-state index in [1.54, 1.807) is 19.1 Å². The molecule has 1 aromatic carbocycles. The number of nitrogens with two attached hydrogens (primary N) is 1. The van der Waals surface area contributed by atoms with E-state index in [2.05, 4.69) is 0 Å². The van der Waals surface area contributed by atoms with E-state index < -0.39 is 27.6 Å². The molecule has 19 heavy (non-hydrogen) atoms. The van der Waals surface area contributed by atoms with Gasteiger partial charge >= 0.3 is 119 Å². The van der Waals surface area contributed by atoms with Crippen LogP contribution in [-0.2, 0) is 0 Å². The summed E-state index contributed by atoms with van der Waals surface area (Å²) < 4.78 is 1.57. The van der Waals surface area contributed by atoms with Gasteiger partial charge in [-0.2, -0.15) is 0 Å². The molecule has 0 spiro atoms. The molecule has 1 atom stereocenters. The summed E-state index contributed by atoms with van der Waals surface area (Å²) in [5.74, 6) is -1.38. The predicted molar refractivity (Wildman–Crippen MR) is 75.7 cm³/mol. The molecule has 1 aliphatic carbocycles. The minimum atomic E-state index is -0.937. The average molecular weight is 323 g/mol. The molecule has 0 saturated heterocycles. The summed E-state index contributed by atoms with van der Waals surface area (Å²) in [6.45, 7) is 1.70. The van der Waals surface area contributed by atoms with Crippen molar-refractivity contribution in [3.63, 3.8) is 0 Å². The van der Waals surface area contributed by atoms with Gasteiger partial charge in [-0.15, -0.1) is 0 Å². The number of amides is 1. The van der Waals surface area contributed by atoms with Gasteiger partial charge < -0.3 is 0 Å². The van der Waals surface area contributed by atoms with Crippen LogP contribution in [0.15, 0.2) is 12.1 Å². The topological polar surface area (TPSA) is 80.4 Å². The Bertz CT molecular complexity index is 522. The molecular weight excluding hydrogens is 305 g/mol. The van der Waals surface area contributed by atoms with Crippen LogP contribution >= 0.6 is 0 Å².